The van der Waals surface area contributed by atoms with Crippen molar-refractivity contribution in [2.45, 2.75) is 38.7 Å². The van der Waals surface area contributed by atoms with E-state index in [9.17, 15) is 9.90 Å². The molecule has 4 heteroatoms. The molecule has 1 amide bonds. The summed E-state index contributed by atoms with van der Waals surface area (Å²) >= 11 is 0. The maximum atomic E-state index is 11.3. The summed E-state index contributed by atoms with van der Waals surface area (Å²) in [6, 6.07) is 0. The fraction of sp³-hybridized carbons (Fsp3) is 0.909. The van der Waals surface area contributed by atoms with Crippen LogP contribution in [0.1, 0.15) is 32.6 Å². The van der Waals surface area contributed by atoms with Crippen molar-refractivity contribution in [3.8, 4) is 0 Å². The molecule has 15 heavy (non-hydrogen) atoms. The van der Waals surface area contributed by atoms with E-state index >= 15 is 0 Å². The number of carbonyl (C=O) groups excluding carboxylic acids is 1. The molecule has 0 aromatic rings. The molecule has 88 valence electrons. The van der Waals surface area contributed by atoms with Crippen LogP contribution in [0, 0.1) is 5.92 Å². The molecule has 2 unspecified atom stereocenters. The summed E-state index contributed by atoms with van der Waals surface area (Å²) in [5, 5.41) is 15.5. The number of hydrogen-bond donors (Lipinski definition) is 3. The molecule has 1 aliphatic rings. The Hall–Kier alpha value is -0.610. The van der Waals surface area contributed by atoms with Gasteiger partial charge in [0.15, 0.2) is 0 Å². The van der Waals surface area contributed by atoms with Gasteiger partial charge in [-0.1, -0.05) is 13.3 Å². The number of amides is 1. The van der Waals surface area contributed by atoms with Crippen LogP contribution < -0.4 is 10.6 Å². The zero-order valence-electron chi connectivity index (χ0n) is 9.46. The van der Waals surface area contributed by atoms with Crippen molar-refractivity contribution in [3.63, 3.8) is 0 Å². The normalized spacial score (nSPS) is 25.5. The van der Waals surface area contributed by atoms with E-state index in [1.54, 1.807) is 0 Å². The highest BCUT2D eigenvalue weighted by Crippen LogP contribution is 2.24. The second-order valence-corrected chi connectivity index (χ2v) is 4.17. The Bertz CT molecular complexity index is 197. The minimum Gasteiger partial charge on any atom is -0.393 e. The van der Waals surface area contributed by atoms with Crippen molar-refractivity contribution in [1.29, 1.82) is 0 Å². The van der Waals surface area contributed by atoms with E-state index in [4.69, 9.17) is 0 Å². The zero-order chi connectivity index (χ0) is 11.1. The first kappa shape index (κ1) is 12.5. The molecule has 0 bridgehead atoms. The standard InChI is InChI=1S/C11H22N2O2/c1-2-12-7-6-11(15)13-8-9-4-3-5-10(9)14/h9-10,12,14H,2-8H2,1H3,(H,13,15). The largest absolute Gasteiger partial charge is 0.393 e. The smallest absolute Gasteiger partial charge is 0.221 e. The second-order valence-electron chi connectivity index (χ2n) is 4.17. The highest BCUT2D eigenvalue weighted by atomic mass is 16.3. The number of nitrogens with one attached hydrogen (secondary N) is 2. The molecule has 4 nitrogen and oxygen atoms in total. The second kappa shape index (κ2) is 6.80. The number of aliphatic hydroxyl groups is 1. The summed E-state index contributed by atoms with van der Waals surface area (Å²) in [6.07, 6.45) is 3.32. The summed E-state index contributed by atoms with van der Waals surface area (Å²) in [7, 11) is 0. The van der Waals surface area contributed by atoms with E-state index in [-0.39, 0.29) is 17.9 Å². The zero-order valence-corrected chi connectivity index (χ0v) is 9.46. The third kappa shape index (κ3) is 4.62. The first-order valence-electron chi connectivity index (χ1n) is 5.89. The van der Waals surface area contributed by atoms with Crippen LogP contribution >= 0.6 is 0 Å². The van der Waals surface area contributed by atoms with Crippen LogP contribution in [0.15, 0.2) is 0 Å². The van der Waals surface area contributed by atoms with Gasteiger partial charge in [0.2, 0.25) is 5.91 Å². The number of hydrogen-bond acceptors (Lipinski definition) is 3. The van der Waals surface area contributed by atoms with E-state index in [2.05, 4.69) is 10.6 Å². The summed E-state index contributed by atoms with van der Waals surface area (Å²) in [6.45, 7) is 4.28. The van der Waals surface area contributed by atoms with Crippen molar-refractivity contribution >= 4 is 5.91 Å². The number of carbonyl (C=O) groups is 1. The van der Waals surface area contributed by atoms with Gasteiger partial charge >= 0.3 is 0 Å². The molecule has 1 saturated carbocycles. The molecule has 1 rings (SSSR count). The predicted octanol–water partition coefficient (Wildman–Crippen LogP) is 0.263. The monoisotopic (exact) mass is 214 g/mol. The van der Waals surface area contributed by atoms with Gasteiger partial charge in [0, 0.05) is 25.4 Å². The first-order valence-corrected chi connectivity index (χ1v) is 5.89. The van der Waals surface area contributed by atoms with E-state index in [0.717, 1.165) is 32.4 Å². The van der Waals surface area contributed by atoms with Gasteiger partial charge in [0.25, 0.3) is 0 Å². The molecule has 0 aromatic heterocycles. The van der Waals surface area contributed by atoms with Crippen molar-refractivity contribution in [3.05, 3.63) is 0 Å². The lowest BCUT2D eigenvalue weighted by atomic mass is 10.1. The van der Waals surface area contributed by atoms with E-state index in [0.29, 0.717) is 13.0 Å². The molecule has 0 spiro atoms. The van der Waals surface area contributed by atoms with Gasteiger partial charge in [-0.05, 0) is 19.4 Å². The minimum atomic E-state index is -0.209. The molecule has 0 aromatic carbocycles. The number of aliphatic hydroxyl groups excluding tert-OH is 1. The quantitative estimate of drug-likeness (QED) is 0.556. The fourth-order valence-electron chi connectivity index (χ4n) is 1.97. The van der Waals surface area contributed by atoms with Crippen LogP contribution in [0.4, 0.5) is 0 Å². The lowest BCUT2D eigenvalue weighted by molar-refractivity contribution is -0.121. The maximum absolute atomic E-state index is 11.3. The van der Waals surface area contributed by atoms with Gasteiger partial charge in [0.1, 0.15) is 0 Å². The van der Waals surface area contributed by atoms with Gasteiger partial charge in [-0.3, -0.25) is 4.79 Å². The number of rotatable bonds is 6. The average Bonchev–Trinajstić information content (AvgIpc) is 2.61. The van der Waals surface area contributed by atoms with E-state index in [1.807, 2.05) is 6.92 Å². The molecule has 0 radical (unpaired) electrons. The Kier molecular flexibility index (Phi) is 5.65. The lowest BCUT2D eigenvalue weighted by Crippen LogP contribution is -2.34. The Morgan fingerprint density at radius 2 is 2.27 bits per heavy atom. The molecular formula is C11H22N2O2. The topological polar surface area (TPSA) is 61.4 Å². The first-order chi connectivity index (χ1) is 7.24. The maximum Gasteiger partial charge on any atom is 0.221 e. The molecule has 3 N–H and O–H groups in total. The Morgan fingerprint density at radius 1 is 1.47 bits per heavy atom. The third-order valence-electron chi connectivity index (χ3n) is 2.96. The van der Waals surface area contributed by atoms with Gasteiger partial charge in [-0.25, -0.2) is 0 Å². The molecular weight excluding hydrogens is 192 g/mol. The fourth-order valence-corrected chi connectivity index (χ4v) is 1.97. The average molecular weight is 214 g/mol. The molecule has 0 saturated heterocycles. The van der Waals surface area contributed by atoms with Crippen molar-refractivity contribution in [2.75, 3.05) is 19.6 Å². The van der Waals surface area contributed by atoms with Crippen LogP contribution in [-0.2, 0) is 4.79 Å². The highest BCUT2D eigenvalue weighted by Gasteiger charge is 2.25. The van der Waals surface area contributed by atoms with Crippen LogP contribution in [0.5, 0.6) is 0 Å². The molecule has 1 fully saturated rings. The van der Waals surface area contributed by atoms with Crippen LogP contribution in [0.2, 0.25) is 0 Å². The van der Waals surface area contributed by atoms with Crippen LogP contribution in [-0.4, -0.2) is 36.8 Å². The summed E-state index contributed by atoms with van der Waals surface area (Å²) < 4.78 is 0. The summed E-state index contributed by atoms with van der Waals surface area (Å²) in [5.74, 6) is 0.350. The van der Waals surface area contributed by atoms with Crippen molar-refractivity contribution < 1.29 is 9.90 Å². The SMILES string of the molecule is CCNCCC(=O)NCC1CCCC1O. The molecule has 0 heterocycles. The molecule has 0 aliphatic heterocycles. The van der Waals surface area contributed by atoms with E-state index < -0.39 is 0 Å². The summed E-state index contributed by atoms with van der Waals surface area (Å²) in [4.78, 5) is 11.3. The van der Waals surface area contributed by atoms with E-state index in [1.165, 1.54) is 0 Å². The Labute approximate surface area is 91.4 Å². The predicted molar refractivity (Wildman–Crippen MR) is 59.5 cm³/mol. The minimum absolute atomic E-state index is 0.0788. The van der Waals surface area contributed by atoms with Gasteiger partial charge in [0.05, 0.1) is 6.10 Å². The van der Waals surface area contributed by atoms with Crippen LogP contribution in [0.3, 0.4) is 0 Å². The molecule has 1 aliphatic carbocycles. The van der Waals surface area contributed by atoms with Gasteiger partial charge in [-0.2, -0.15) is 0 Å². The Balaban J connectivity index is 2.05. The van der Waals surface area contributed by atoms with Crippen LogP contribution in [0.25, 0.3) is 0 Å². The lowest BCUT2D eigenvalue weighted by Gasteiger charge is -2.14. The Morgan fingerprint density at radius 3 is 2.87 bits per heavy atom. The summed E-state index contributed by atoms with van der Waals surface area (Å²) in [5.41, 5.74) is 0. The van der Waals surface area contributed by atoms with Crippen molar-refractivity contribution in [1.82, 2.24) is 10.6 Å². The third-order valence-corrected chi connectivity index (χ3v) is 2.96. The molecule has 2 atom stereocenters. The van der Waals surface area contributed by atoms with Gasteiger partial charge < -0.3 is 15.7 Å². The highest BCUT2D eigenvalue weighted by molar-refractivity contribution is 5.76. The van der Waals surface area contributed by atoms with Gasteiger partial charge in [-0.15, -0.1) is 0 Å². The van der Waals surface area contributed by atoms with Crippen molar-refractivity contribution in [2.24, 2.45) is 5.92 Å².